The Bertz CT molecular complexity index is 1740. The molecule has 1 N–H and O–H groups in total. The van der Waals surface area contributed by atoms with E-state index in [1.807, 2.05) is 37.3 Å². The van der Waals surface area contributed by atoms with Crippen LogP contribution < -0.4 is 14.4 Å². The van der Waals surface area contributed by atoms with Gasteiger partial charge in [0.25, 0.3) is 5.91 Å². The van der Waals surface area contributed by atoms with Crippen molar-refractivity contribution in [2.24, 2.45) is 17.8 Å². The van der Waals surface area contributed by atoms with Gasteiger partial charge in [0.2, 0.25) is 10.0 Å². The number of hydrogen-bond acceptors (Lipinski definition) is 8. The number of ether oxygens (including phenoxy) is 2. The van der Waals surface area contributed by atoms with E-state index in [0.717, 1.165) is 81.1 Å². The first-order chi connectivity index (χ1) is 25.1. The Morgan fingerprint density at radius 2 is 1.81 bits per heavy atom. The lowest BCUT2D eigenvalue weighted by atomic mass is 9.66. The molecule has 1 aliphatic carbocycles. The van der Waals surface area contributed by atoms with Crippen LogP contribution in [-0.4, -0.2) is 87.0 Å². The number of piperidine rings is 1. The Morgan fingerprint density at radius 3 is 2.62 bits per heavy atom. The maximum absolute atomic E-state index is 13.6. The fourth-order valence-corrected chi connectivity index (χ4v) is 10.8. The van der Waals surface area contributed by atoms with Gasteiger partial charge in [-0.25, -0.2) is 13.1 Å². The second kappa shape index (κ2) is 16.0. The maximum Gasteiger partial charge on any atom is 0.264 e. The highest BCUT2D eigenvalue weighted by molar-refractivity contribution is 7.90. The number of amides is 1. The van der Waals surface area contributed by atoms with Crippen LogP contribution in [0.1, 0.15) is 93.6 Å². The summed E-state index contributed by atoms with van der Waals surface area (Å²) in [7, 11) is -3.95. The molecule has 4 heterocycles. The summed E-state index contributed by atoms with van der Waals surface area (Å²) in [6, 6.07) is 11.9. The van der Waals surface area contributed by atoms with Crippen molar-refractivity contribution in [2.45, 2.75) is 102 Å². The molecule has 6 atom stereocenters. The van der Waals surface area contributed by atoms with Crippen molar-refractivity contribution >= 4 is 33.2 Å². The van der Waals surface area contributed by atoms with Crippen molar-refractivity contribution in [3.05, 3.63) is 70.3 Å². The molecule has 2 aromatic carbocycles. The number of fused-ring (bicyclic) bond motifs is 4. The number of sulfonamides is 1. The summed E-state index contributed by atoms with van der Waals surface area (Å²) in [5.74, 6) is 0.485. The van der Waals surface area contributed by atoms with Gasteiger partial charge in [0, 0.05) is 61.9 Å². The minimum absolute atomic E-state index is 0.213. The number of nitrogens with one attached hydrogen (secondary N) is 1. The number of benzene rings is 2. The van der Waals surface area contributed by atoms with Crippen molar-refractivity contribution in [1.29, 1.82) is 0 Å². The minimum atomic E-state index is -3.95. The van der Waals surface area contributed by atoms with Gasteiger partial charge in [-0.15, -0.1) is 0 Å². The van der Waals surface area contributed by atoms with E-state index in [0.29, 0.717) is 42.9 Å². The van der Waals surface area contributed by atoms with Crippen LogP contribution in [0, 0.1) is 17.8 Å². The zero-order valence-corrected chi connectivity index (χ0v) is 32.8. The number of carbonyl (C=O) groups excluding carboxylic acids is 1. The molecule has 3 fully saturated rings. The number of aryl methyl sites for hydroxylation is 1. The summed E-state index contributed by atoms with van der Waals surface area (Å²) >= 11 is 6.42. The van der Waals surface area contributed by atoms with Gasteiger partial charge in [0.15, 0.2) is 0 Å². The third-order valence-corrected chi connectivity index (χ3v) is 14.9. The fraction of sp³-hybridized carbons (Fsp3) is 0.634. The highest BCUT2D eigenvalue weighted by Crippen LogP contribution is 2.48. The number of hydrogen-bond donors (Lipinski definition) is 1. The molecule has 52 heavy (non-hydrogen) atoms. The summed E-state index contributed by atoms with van der Waals surface area (Å²) in [5.41, 5.74) is 2.85. The molecule has 4 aliphatic heterocycles. The molecule has 11 heteroatoms. The zero-order valence-electron chi connectivity index (χ0n) is 31.2. The van der Waals surface area contributed by atoms with E-state index >= 15 is 0 Å². The number of nitrogens with zero attached hydrogens (tertiary/aromatic N) is 3. The highest BCUT2D eigenvalue weighted by Gasteiger charge is 2.52. The first-order valence-corrected chi connectivity index (χ1v) is 21.7. The van der Waals surface area contributed by atoms with Crippen molar-refractivity contribution in [3.63, 3.8) is 0 Å². The van der Waals surface area contributed by atoms with Gasteiger partial charge in [-0.1, -0.05) is 37.1 Å². The Hall–Kier alpha value is -2.63. The molecule has 1 amide bonds. The molecular weight excluding hydrogens is 696 g/mol. The molecule has 2 aromatic rings. The van der Waals surface area contributed by atoms with E-state index in [2.05, 4.69) is 38.5 Å². The molecule has 0 aromatic heterocycles. The topological polar surface area (TPSA) is 91.4 Å². The average Bonchev–Trinajstić information content (AvgIpc) is 3.15. The van der Waals surface area contributed by atoms with Crippen LogP contribution in [0.2, 0.25) is 5.02 Å². The highest BCUT2D eigenvalue weighted by atomic mass is 35.5. The molecule has 0 spiro atoms. The Balaban J connectivity index is 1.29. The molecule has 5 aliphatic rings. The molecule has 0 unspecified atom stereocenters. The van der Waals surface area contributed by atoms with Crippen LogP contribution in [0.5, 0.6) is 5.75 Å². The maximum atomic E-state index is 13.6. The summed E-state index contributed by atoms with van der Waals surface area (Å²) < 4.78 is 43.3. The lowest BCUT2D eigenvalue weighted by Crippen LogP contribution is -2.67. The molecule has 2 saturated heterocycles. The first-order valence-electron chi connectivity index (χ1n) is 19.7. The first kappa shape index (κ1) is 37.7. The Kier molecular flexibility index (Phi) is 11.6. The van der Waals surface area contributed by atoms with Crippen LogP contribution in [0.4, 0.5) is 5.69 Å². The van der Waals surface area contributed by atoms with Gasteiger partial charge in [0.05, 0.1) is 10.9 Å². The van der Waals surface area contributed by atoms with E-state index in [4.69, 9.17) is 21.1 Å². The predicted octanol–water partition coefficient (Wildman–Crippen LogP) is 7.03. The number of allylic oxidation sites excluding steroid dienone is 1. The van der Waals surface area contributed by atoms with Gasteiger partial charge in [-0.05, 0) is 131 Å². The second-order valence-electron chi connectivity index (χ2n) is 15.8. The van der Waals surface area contributed by atoms with Gasteiger partial charge < -0.3 is 14.4 Å². The zero-order chi connectivity index (χ0) is 36.5. The fourth-order valence-electron chi connectivity index (χ4n) is 9.34. The molecule has 0 radical (unpaired) electrons. The number of carbonyl (C=O) groups is 1. The van der Waals surface area contributed by atoms with E-state index in [9.17, 15) is 13.2 Å². The third kappa shape index (κ3) is 7.79. The monoisotopic (exact) mass is 752 g/mol. The quantitative estimate of drug-likeness (QED) is 0.335. The summed E-state index contributed by atoms with van der Waals surface area (Å²) in [5, 5.41) is -0.0480. The van der Waals surface area contributed by atoms with E-state index in [1.54, 1.807) is 13.0 Å². The lowest BCUT2D eigenvalue weighted by molar-refractivity contribution is -0.202. The second-order valence-corrected chi connectivity index (χ2v) is 18.3. The number of piperazine rings is 1. The SMILES string of the molecule is CCO[C@]1(N2CCN3CCCC[C@@H]3C2)/C=C/C[C@H](C)[C@@H](C)S(=O)(=O)NC(=O)c2ccc3c(c2)N(CCCCc2cc(Cl)ccc2CO3)C[C@@H]2CC[C@H]21. The number of anilines is 1. The molecule has 7 rings (SSSR count). The van der Waals surface area contributed by atoms with Crippen LogP contribution in [0.3, 0.4) is 0 Å². The molecule has 1 saturated carbocycles. The van der Waals surface area contributed by atoms with Crippen molar-refractivity contribution < 1.29 is 22.7 Å². The van der Waals surface area contributed by atoms with Crippen LogP contribution >= 0.6 is 11.6 Å². The standard InChI is InChI=1S/C41H57ClN4O5S/c1-4-51-41(46-23-22-44-20-8-6-12-36(44)27-46)19-9-10-29(2)30(3)52(48,49)43-40(47)32-15-18-39-38(25-32)45(26-33-14-17-37(33)41)21-7-5-11-31-24-35(42)16-13-34(31)28-50-39/h9,13,15-16,18-19,24-25,29-30,33,36-37H,4-8,10-12,14,17,20-23,26-28H2,1-3H3,(H,43,47)/b19-9+/t29-,30+,33-,36+,37+,41+/m0/s1. The van der Waals surface area contributed by atoms with E-state index < -0.39 is 26.9 Å². The summed E-state index contributed by atoms with van der Waals surface area (Å²) in [6.45, 7) is 12.5. The van der Waals surface area contributed by atoms with E-state index in [1.165, 1.54) is 31.4 Å². The van der Waals surface area contributed by atoms with E-state index in [-0.39, 0.29) is 11.8 Å². The van der Waals surface area contributed by atoms with Gasteiger partial charge in [-0.2, -0.15) is 0 Å². The Morgan fingerprint density at radius 1 is 0.962 bits per heavy atom. The van der Waals surface area contributed by atoms with Gasteiger partial charge in [0.1, 0.15) is 18.1 Å². The number of rotatable bonds is 3. The third-order valence-electron chi connectivity index (χ3n) is 12.7. The summed E-state index contributed by atoms with van der Waals surface area (Å²) in [4.78, 5) is 21.4. The molecule has 9 nitrogen and oxygen atoms in total. The van der Waals surface area contributed by atoms with Crippen molar-refractivity contribution in [2.75, 3.05) is 50.8 Å². The van der Waals surface area contributed by atoms with Crippen LogP contribution in [0.15, 0.2) is 48.6 Å². The van der Waals surface area contributed by atoms with Crippen molar-refractivity contribution in [3.8, 4) is 5.75 Å². The normalized spacial score (nSPS) is 32.4. The Labute approximate surface area is 316 Å². The van der Waals surface area contributed by atoms with Crippen molar-refractivity contribution in [1.82, 2.24) is 14.5 Å². The minimum Gasteiger partial charge on any atom is -0.487 e. The number of halogens is 1. The molecule has 2 bridgehead atoms. The largest absolute Gasteiger partial charge is 0.487 e. The summed E-state index contributed by atoms with van der Waals surface area (Å²) in [6.07, 6.45) is 13.8. The molecule has 284 valence electrons. The smallest absolute Gasteiger partial charge is 0.264 e. The van der Waals surface area contributed by atoms with Gasteiger partial charge in [-0.3, -0.25) is 14.6 Å². The lowest BCUT2D eigenvalue weighted by Gasteiger charge is -2.57. The average molecular weight is 753 g/mol. The molecular formula is C41H57ClN4O5S. The van der Waals surface area contributed by atoms with Crippen LogP contribution in [0.25, 0.3) is 0 Å². The van der Waals surface area contributed by atoms with Crippen LogP contribution in [-0.2, 0) is 27.8 Å². The predicted molar refractivity (Wildman–Crippen MR) is 208 cm³/mol. The van der Waals surface area contributed by atoms with Gasteiger partial charge >= 0.3 is 0 Å².